The van der Waals surface area contributed by atoms with E-state index in [1.807, 2.05) is 0 Å². The molecular weight excluding hydrogens is 318 g/mol. The largest absolute Gasteiger partial charge is 0.399 e. The molecule has 0 unspecified atom stereocenters. The van der Waals surface area contributed by atoms with E-state index in [1.165, 1.54) is 18.2 Å². The van der Waals surface area contributed by atoms with Crippen LogP contribution in [-0.2, 0) is 0 Å². The van der Waals surface area contributed by atoms with Crippen LogP contribution in [-0.4, -0.2) is 5.78 Å². The SMILES string of the molecule is Nc1ccc(C(=O)c2cc(F)c(Br)cc2F)c(N)c1. The molecule has 0 aliphatic carbocycles. The third kappa shape index (κ3) is 2.58. The highest BCUT2D eigenvalue weighted by Gasteiger charge is 2.18. The van der Waals surface area contributed by atoms with Crippen LogP contribution in [0.5, 0.6) is 0 Å². The van der Waals surface area contributed by atoms with Crippen molar-refractivity contribution in [2.45, 2.75) is 0 Å². The van der Waals surface area contributed by atoms with Crippen molar-refractivity contribution >= 4 is 33.1 Å². The molecule has 0 bridgehead atoms. The van der Waals surface area contributed by atoms with Gasteiger partial charge >= 0.3 is 0 Å². The molecule has 0 heterocycles. The number of hydrogen-bond acceptors (Lipinski definition) is 3. The summed E-state index contributed by atoms with van der Waals surface area (Å²) in [5.74, 6) is -2.24. The third-order valence-electron chi connectivity index (χ3n) is 2.57. The summed E-state index contributed by atoms with van der Waals surface area (Å²) >= 11 is 2.84. The Morgan fingerprint density at radius 3 is 2.32 bits per heavy atom. The van der Waals surface area contributed by atoms with Gasteiger partial charge in [0.05, 0.1) is 10.0 Å². The van der Waals surface area contributed by atoms with Crippen LogP contribution in [0.1, 0.15) is 15.9 Å². The molecule has 2 rings (SSSR count). The van der Waals surface area contributed by atoms with Gasteiger partial charge in [-0.3, -0.25) is 4.79 Å². The number of carbonyl (C=O) groups is 1. The summed E-state index contributed by atoms with van der Waals surface area (Å²) < 4.78 is 27.0. The second kappa shape index (κ2) is 4.97. The topological polar surface area (TPSA) is 69.1 Å². The lowest BCUT2D eigenvalue weighted by Crippen LogP contribution is -2.08. The molecule has 0 aliphatic rings. The normalized spacial score (nSPS) is 10.5. The Balaban J connectivity index is 2.53. The van der Waals surface area contributed by atoms with E-state index in [1.54, 1.807) is 0 Å². The van der Waals surface area contributed by atoms with Crippen molar-refractivity contribution in [2.24, 2.45) is 0 Å². The number of halogens is 3. The lowest BCUT2D eigenvalue weighted by atomic mass is 10.0. The Hall–Kier alpha value is -1.95. The molecule has 6 heteroatoms. The number of hydrogen-bond donors (Lipinski definition) is 2. The summed E-state index contributed by atoms with van der Waals surface area (Å²) in [6.07, 6.45) is 0. The van der Waals surface area contributed by atoms with Crippen LogP contribution in [0.3, 0.4) is 0 Å². The molecule has 0 spiro atoms. The first-order chi connectivity index (χ1) is 8.90. The van der Waals surface area contributed by atoms with Gasteiger partial charge in [-0.15, -0.1) is 0 Å². The maximum Gasteiger partial charge on any atom is 0.198 e. The first-order valence-corrected chi connectivity index (χ1v) is 6.03. The molecule has 19 heavy (non-hydrogen) atoms. The van der Waals surface area contributed by atoms with Crippen LogP contribution in [0.25, 0.3) is 0 Å². The highest BCUT2D eigenvalue weighted by molar-refractivity contribution is 9.10. The van der Waals surface area contributed by atoms with E-state index in [0.717, 1.165) is 12.1 Å². The van der Waals surface area contributed by atoms with E-state index in [-0.39, 0.29) is 21.3 Å². The van der Waals surface area contributed by atoms with Crippen molar-refractivity contribution in [2.75, 3.05) is 11.5 Å². The van der Waals surface area contributed by atoms with E-state index in [9.17, 15) is 13.6 Å². The van der Waals surface area contributed by atoms with Crippen molar-refractivity contribution in [3.05, 3.63) is 57.6 Å². The van der Waals surface area contributed by atoms with Gasteiger partial charge in [-0.25, -0.2) is 8.78 Å². The summed E-state index contributed by atoms with van der Waals surface area (Å²) in [6, 6.07) is 5.97. The van der Waals surface area contributed by atoms with Crippen LogP contribution in [0, 0.1) is 11.6 Å². The molecule has 4 N–H and O–H groups in total. The van der Waals surface area contributed by atoms with Gasteiger partial charge in [0.15, 0.2) is 5.78 Å². The van der Waals surface area contributed by atoms with Crippen molar-refractivity contribution in [1.82, 2.24) is 0 Å². The fourth-order valence-corrected chi connectivity index (χ4v) is 1.95. The van der Waals surface area contributed by atoms with Gasteiger partial charge in [-0.05, 0) is 46.3 Å². The molecule has 0 saturated heterocycles. The van der Waals surface area contributed by atoms with E-state index in [2.05, 4.69) is 15.9 Å². The quantitative estimate of drug-likeness (QED) is 0.506. The summed E-state index contributed by atoms with van der Waals surface area (Å²) in [6.45, 7) is 0. The van der Waals surface area contributed by atoms with Gasteiger partial charge in [0.1, 0.15) is 11.6 Å². The van der Waals surface area contributed by atoms with Gasteiger partial charge in [0, 0.05) is 16.9 Å². The van der Waals surface area contributed by atoms with Crippen LogP contribution in [0.15, 0.2) is 34.8 Å². The molecule has 0 fully saturated rings. The second-order valence-corrected chi connectivity index (χ2v) is 4.78. The zero-order valence-electron chi connectivity index (χ0n) is 9.58. The number of anilines is 2. The Morgan fingerprint density at radius 1 is 1.00 bits per heavy atom. The molecule has 3 nitrogen and oxygen atoms in total. The Morgan fingerprint density at radius 2 is 1.68 bits per heavy atom. The van der Waals surface area contributed by atoms with Crippen molar-refractivity contribution < 1.29 is 13.6 Å². The van der Waals surface area contributed by atoms with Gasteiger partial charge in [0.25, 0.3) is 0 Å². The number of nitrogens with two attached hydrogens (primary N) is 2. The zero-order valence-corrected chi connectivity index (χ0v) is 11.2. The van der Waals surface area contributed by atoms with Gasteiger partial charge < -0.3 is 11.5 Å². The van der Waals surface area contributed by atoms with Gasteiger partial charge in [0.2, 0.25) is 0 Å². The highest BCUT2D eigenvalue weighted by Crippen LogP contribution is 2.24. The number of benzene rings is 2. The molecule has 0 atom stereocenters. The average molecular weight is 327 g/mol. The fourth-order valence-electron chi connectivity index (χ4n) is 1.63. The van der Waals surface area contributed by atoms with E-state index >= 15 is 0 Å². The minimum absolute atomic E-state index is 0.0492. The van der Waals surface area contributed by atoms with E-state index < -0.39 is 17.4 Å². The maximum absolute atomic E-state index is 13.7. The monoisotopic (exact) mass is 326 g/mol. The fraction of sp³-hybridized carbons (Fsp3) is 0. The van der Waals surface area contributed by atoms with E-state index in [0.29, 0.717) is 5.69 Å². The number of rotatable bonds is 2. The Bertz CT molecular complexity index is 674. The summed E-state index contributed by atoms with van der Waals surface area (Å²) in [5.41, 5.74) is 11.4. The highest BCUT2D eigenvalue weighted by atomic mass is 79.9. The molecule has 0 saturated carbocycles. The molecule has 0 aromatic heterocycles. The second-order valence-electron chi connectivity index (χ2n) is 3.92. The standard InChI is InChI=1S/C13H9BrF2N2O/c14-9-5-10(15)8(4-11(9)16)13(19)7-2-1-6(17)3-12(7)18/h1-5H,17-18H2. The zero-order chi connectivity index (χ0) is 14.2. The van der Waals surface area contributed by atoms with Gasteiger partial charge in [-0.1, -0.05) is 0 Å². The van der Waals surface area contributed by atoms with Crippen molar-refractivity contribution in [1.29, 1.82) is 0 Å². The first kappa shape index (κ1) is 13.5. The predicted octanol–water partition coefficient (Wildman–Crippen LogP) is 3.12. The molecule has 0 radical (unpaired) electrons. The van der Waals surface area contributed by atoms with Crippen molar-refractivity contribution in [3.8, 4) is 0 Å². The lowest BCUT2D eigenvalue weighted by Gasteiger charge is -2.07. The predicted molar refractivity (Wildman–Crippen MR) is 72.8 cm³/mol. The lowest BCUT2D eigenvalue weighted by molar-refractivity contribution is 0.103. The number of ketones is 1. The molecular formula is C13H9BrF2N2O. The Labute approximate surface area is 116 Å². The minimum atomic E-state index is -0.825. The molecule has 2 aromatic rings. The molecule has 98 valence electrons. The van der Waals surface area contributed by atoms with Crippen LogP contribution in [0.2, 0.25) is 0 Å². The van der Waals surface area contributed by atoms with Gasteiger partial charge in [-0.2, -0.15) is 0 Å². The Kier molecular flexibility index (Phi) is 3.53. The maximum atomic E-state index is 13.7. The smallest absolute Gasteiger partial charge is 0.198 e. The molecule has 2 aromatic carbocycles. The summed E-state index contributed by atoms with van der Waals surface area (Å²) in [4.78, 5) is 12.1. The number of carbonyl (C=O) groups excluding carboxylic acids is 1. The molecule has 0 aliphatic heterocycles. The minimum Gasteiger partial charge on any atom is -0.399 e. The van der Waals surface area contributed by atoms with E-state index in [4.69, 9.17) is 11.5 Å². The van der Waals surface area contributed by atoms with Crippen LogP contribution >= 0.6 is 15.9 Å². The third-order valence-corrected chi connectivity index (χ3v) is 3.18. The number of nitrogen functional groups attached to an aromatic ring is 2. The van der Waals surface area contributed by atoms with Crippen LogP contribution in [0.4, 0.5) is 20.2 Å². The summed E-state index contributed by atoms with van der Waals surface area (Å²) in [7, 11) is 0. The average Bonchev–Trinajstić information content (AvgIpc) is 2.33. The first-order valence-electron chi connectivity index (χ1n) is 5.24. The molecule has 0 amide bonds. The van der Waals surface area contributed by atoms with Crippen LogP contribution < -0.4 is 11.5 Å². The van der Waals surface area contributed by atoms with Crippen molar-refractivity contribution in [3.63, 3.8) is 0 Å². The summed E-state index contributed by atoms with van der Waals surface area (Å²) in [5, 5.41) is 0.